The Morgan fingerprint density at radius 3 is 1.84 bits per heavy atom. The van der Waals surface area contributed by atoms with Gasteiger partial charge < -0.3 is 5.11 Å². The highest BCUT2D eigenvalue weighted by Gasteiger charge is 2.42. The lowest BCUT2D eigenvalue weighted by atomic mass is 9.82. The van der Waals surface area contributed by atoms with Gasteiger partial charge in [-0.15, -0.1) is 0 Å². The highest BCUT2D eigenvalue weighted by molar-refractivity contribution is 6.13. The monoisotopic (exact) mass is 809 g/mol. The molecule has 12 rings (SSSR count). The van der Waals surface area contributed by atoms with Crippen LogP contribution in [-0.4, -0.2) is 15.1 Å². The van der Waals surface area contributed by atoms with Gasteiger partial charge in [0, 0.05) is 28.5 Å². The van der Waals surface area contributed by atoms with Gasteiger partial charge in [0.25, 0.3) is 0 Å². The molecule has 1 N–H and O–H groups in total. The summed E-state index contributed by atoms with van der Waals surface area (Å²) in [4.78, 5) is 12.5. The zero-order valence-corrected chi connectivity index (χ0v) is 34.7. The predicted molar refractivity (Wildman–Crippen MR) is 259 cm³/mol. The third-order valence-corrected chi connectivity index (χ3v) is 13.4. The Hall–Kier alpha value is -7.82. The second-order valence-corrected chi connectivity index (χ2v) is 17.4. The van der Waals surface area contributed by atoms with Crippen LogP contribution < -0.4 is 4.90 Å². The summed E-state index contributed by atoms with van der Waals surface area (Å²) in [6, 6.07) is 70.7. The van der Waals surface area contributed by atoms with Crippen molar-refractivity contribution in [2.24, 2.45) is 5.41 Å². The Morgan fingerprint density at radius 1 is 0.413 bits per heavy atom. The first-order chi connectivity index (χ1) is 31.0. The highest BCUT2D eigenvalue weighted by Crippen LogP contribution is 2.49. The van der Waals surface area contributed by atoms with E-state index in [0.29, 0.717) is 0 Å². The second kappa shape index (κ2) is 15.0. The van der Waals surface area contributed by atoms with Gasteiger partial charge in [-0.3, -0.25) is 9.88 Å². The first kappa shape index (κ1) is 37.0. The Morgan fingerprint density at radius 2 is 1.05 bits per heavy atom. The summed E-state index contributed by atoms with van der Waals surface area (Å²) in [6.07, 6.45) is 6.35. The molecule has 10 aromatic rings. The number of pyridine rings is 2. The summed E-state index contributed by atoms with van der Waals surface area (Å²) in [6.45, 7) is 0. The molecule has 2 aromatic heterocycles. The molecule has 0 bridgehead atoms. The molecule has 4 nitrogen and oxygen atoms in total. The second-order valence-electron chi connectivity index (χ2n) is 17.4. The van der Waals surface area contributed by atoms with Crippen LogP contribution in [0, 0.1) is 5.41 Å². The third-order valence-electron chi connectivity index (χ3n) is 13.4. The third kappa shape index (κ3) is 6.63. The van der Waals surface area contributed by atoms with Crippen LogP contribution in [0.3, 0.4) is 0 Å². The number of aromatic hydroxyl groups is 1. The van der Waals surface area contributed by atoms with Gasteiger partial charge >= 0.3 is 0 Å². The van der Waals surface area contributed by atoms with E-state index in [1.54, 1.807) is 0 Å². The molecule has 0 fully saturated rings. The standard InChI is InChI=1S/C59H43N3O/c63-57-28-25-42(41-21-22-47-37-59(38-48(47)31-41)35-45-14-7-8-15-46(45)36-59)33-53(57)43-16-11-19-50(32-43)62(49-17-5-2-6-18-49)58-52-27-24-44-30-40(39-12-3-1-4-13-39)23-26-51(44)54(52)34-56(61-58)55-20-9-10-29-60-55/h1-34,63H,35-38H2. The van der Waals surface area contributed by atoms with Crippen molar-refractivity contribution in [2.75, 3.05) is 4.90 Å². The number of hydrogen-bond donors (Lipinski definition) is 1. The fourth-order valence-corrected chi connectivity index (χ4v) is 10.4. The molecule has 2 heterocycles. The first-order valence-corrected chi connectivity index (χ1v) is 21.9. The van der Waals surface area contributed by atoms with E-state index in [9.17, 15) is 5.11 Å². The number of anilines is 3. The quantitative estimate of drug-likeness (QED) is 0.163. The molecule has 0 atom stereocenters. The molecule has 0 radical (unpaired) electrons. The number of fused-ring (bicyclic) bond motifs is 5. The van der Waals surface area contributed by atoms with Crippen molar-refractivity contribution in [2.45, 2.75) is 25.7 Å². The van der Waals surface area contributed by atoms with Gasteiger partial charge in [0.1, 0.15) is 11.6 Å². The van der Waals surface area contributed by atoms with Crippen LogP contribution in [-0.2, 0) is 25.7 Å². The van der Waals surface area contributed by atoms with Crippen LogP contribution in [0.1, 0.15) is 22.3 Å². The van der Waals surface area contributed by atoms with Gasteiger partial charge in [0.15, 0.2) is 0 Å². The number of aromatic nitrogens is 2. The summed E-state index contributed by atoms with van der Waals surface area (Å²) < 4.78 is 0. The molecule has 2 aliphatic rings. The molecule has 0 amide bonds. The number of para-hydroxylation sites is 1. The number of nitrogens with zero attached hydrogens (tertiary/aromatic N) is 3. The smallest absolute Gasteiger partial charge is 0.146 e. The van der Waals surface area contributed by atoms with Crippen LogP contribution in [0.25, 0.3) is 66.3 Å². The van der Waals surface area contributed by atoms with Crippen molar-refractivity contribution < 1.29 is 5.11 Å². The summed E-state index contributed by atoms with van der Waals surface area (Å²) in [7, 11) is 0. The predicted octanol–water partition coefficient (Wildman–Crippen LogP) is 14.5. The molecule has 300 valence electrons. The van der Waals surface area contributed by atoms with Crippen LogP contribution in [0.5, 0.6) is 5.75 Å². The van der Waals surface area contributed by atoms with Crippen molar-refractivity contribution in [1.29, 1.82) is 0 Å². The Labute approximate surface area is 367 Å². The normalized spacial score (nSPS) is 13.7. The fourth-order valence-electron chi connectivity index (χ4n) is 10.4. The average molecular weight is 810 g/mol. The van der Waals surface area contributed by atoms with E-state index in [1.165, 1.54) is 38.9 Å². The van der Waals surface area contributed by atoms with Crippen LogP contribution in [0.4, 0.5) is 17.2 Å². The van der Waals surface area contributed by atoms with E-state index in [0.717, 1.165) is 92.5 Å². The SMILES string of the molecule is Oc1ccc(-c2ccc3c(c2)CC2(Cc4ccccc4C2)C3)cc1-c1cccc(N(c2ccccc2)c2nc(-c3ccccn3)cc3c2ccc2cc(-c4ccccc4)ccc23)c1. The van der Waals surface area contributed by atoms with E-state index in [1.807, 2.05) is 42.6 Å². The van der Waals surface area contributed by atoms with E-state index < -0.39 is 0 Å². The van der Waals surface area contributed by atoms with Gasteiger partial charge in [-0.2, -0.15) is 0 Å². The van der Waals surface area contributed by atoms with Gasteiger partial charge in [-0.1, -0.05) is 133 Å². The fraction of sp³-hybridized carbons (Fsp3) is 0.0847. The zero-order valence-electron chi connectivity index (χ0n) is 34.7. The summed E-state index contributed by atoms with van der Waals surface area (Å²) >= 11 is 0. The number of hydrogen-bond acceptors (Lipinski definition) is 4. The molecule has 2 aliphatic carbocycles. The number of rotatable bonds is 7. The van der Waals surface area contributed by atoms with E-state index in [2.05, 4.69) is 169 Å². The van der Waals surface area contributed by atoms with Gasteiger partial charge in [0.05, 0.1) is 11.4 Å². The molecule has 8 aromatic carbocycles. The minimum absolute atomic E-state index is 0.244. The molecule has 4 heteroatoms. The molecule has 0 aliphatic heterocycles. The highest BCUT2D eigenvalue weighted by atomic mass is 16.3. The van der Waals surface area contributed by atoms with Crippen molar-refractivity contribution in [3.8, 4) is 50.5 Å². The molecular formula is C59H43N3O. The van der Waals surface area contributed by atoms with E-state index >= 15 is 0 Å². The summed E-state index contributed by atoms with van der Waals surface area (Å²) in [5.74, 6) is 1.04. The zero-order chi connectivity index (χ0) is 41.9. The number of phenols is 1. The molecule has 0 saturated heterocycles. The summed E-state index contributed by atoms with van der Waals surface area (Å²) in [5, 5.41) is 16.0. The van der Waals surface area contributed by atoms with Crippen LogP contribution >= 0.6 is 0 Å². The maximum Gasteiger partial charge on any atom is 0.146 e. The topological polar surface area (TPSA) is 49.2 Å². The lowest BCUT2D eigenvalue weighted by Gasteiger charge is -2.27. The molecule has 0 saturated carbocycles. The van der Waals surface area contributed by atoms with E-state index in [-0.39, 0.29) is 11.2 Å². The average Bonchev–Trinajstić information content (AvgIpc) is 3.89. The van der Waals surface area contributed by atoms with Crippen molar-refractivity contribution in [3.05, 3.63) is 229 Å². The minimum Gasteiger partial charge on any atom is -0.507 e. The number of phenolic OH excluding ortho intramolecular Hbond substituents is 1. The number of benzene rings is 8. The minimum atomic E-state index is 0.244. The maximum atomic E-state index is 11.5. The molecule has 0 unspecified atom stereocenters. The lowest BCUT2D eigenvalue weighted by molar-refractivity contribution is 0.326. The maximum absolute atomic E-state index is 11.5. The largest absolute Gasteiger partial charge is 0.507 e. The van der Waals surface area contributed by atoms with Crippen molar-refractivity contribution in [1.82, 2.24) is 9.97 Å². The summed E-state index contributed by atoms with van der Waals surface area (Å²) in [5.41, 5.74) is 16.0. The van der Waals surface area contributed by atoms with Crippen LogP contribution in [0.15, 0.2) is 206 Å². The first-order valence-electron chi connectivity index (χ1n) is 21.9. The Balaban J connectivity index is 0.963. The molecule has 63 heavy (non-hydrogen) atoms. The molecular weight excluding hydrogens is 767 g/mol. The Kier molecular flexibility index (Phi) is 8.79. The van der Waals surface area contributed by atoms with Crippen molar-refractivity contribution >= 4 is 38.7 Å². The van der Waals surface area contributed by atoms with E-state index in [4.69, 9.17) is 9.97 Å². The Bertz CT molecular complexity index is 3340. The lowest BCUT2D eigenvalue weighted by Crippen LogP contribution is -2.21. The molecule has 1 spiro atoms. The van der Waals surface area contributed by atoms with Gasteiger partial charge in [0.2, 0.25) is 0 Å². The van der Waals surface area contributed by atoms with Gasteiger partial charge in [-0.05, 0) is 164 Å². The van der Waals surface area contributed by atoms with Crippen molar-refractivity contribution in [3.63, 3.8) is 0 Å². The van der Waals surface area contributed by atoms with Crippen LogP contribution in [0.2, 0.25) is 0 Å². The van der Waals surface area contributed by atoms with Gasteiger partial charge in [-0.25, -0.2) is 4.98 Å².